The van der Waals surface area contributed by atoms with Gasteiger partial charge in [0, 0.05) is 17.9 Å². The first-order chi connectivity index (χ1) is 9.35. The van der Waals surface area contributed by atoms with Crippen LogP contribution in [0.4, 0.5) is 0 Å². The van der Waals surface area contributed by atoms with E-state index in [2.05, 4.69) is 18.8 Å². The van der Waals surface area contributed by atoms with Gasteiger partial charge in [0.1, 0.15) is 0 Å². The van der Waals surface area contributed by atoms with Crippen LogP contribution in [0.5, 0.6) is 5.75 Å². The summed E-state index contributed by atoms with van der Waals surface area (Å²) in [6.07, 6.45) is 5.93. The maximum Gasteiger partial charge on any atom is 0.178 e. The predicted molar refractivity (Wildman–Crippen MR) is 78.4 cm³/mol. The highest BCUT2D eigenvalue weighted by Crippen LogP contribution is 2.27. The van der Waals surface area contributed by atoms with Gasteiger partial charge in [-0.2, -0.15) is 0 Å². The Labute approximate surface area is 114 Å². The van der Waals surface area contributed by atoms with Gasteiger partial charge in [-0.1, -0.05) is 44.2 Å². The number of unbranched alkanes of at least 4 members (excludes halogenated alkanes) is 4. The number of rotatable bonds is 5. The van der Waals surface area contributed by atoms with E-state index in [4.69, 9.17) is 9.15 Å². The second-order valence-electron chi connectivity index (χ2n) is 4.60. The second-order valence-corrected chi connectivity index (χ2v) is 4.60. The van der Waals surface area contributed by atoms with Crippen molar-refractivity contribution in [2.24, 2.45) is 0 Å². The number of hydrogen-bond donors (Lipinski definition) is 0. The van der Waals surface area contributed by atoms with Crippen molar-refractivity contribution in [1.29, 1.82) is 0 Å². The molecule has 2 aromatic rings. The first kappa shape index (κ1) is 13.5. The molecule has 0 spiro atoms. The van der Waals surface area contributed by atoms with Crippen LogP contribution in [0.15, 0.2) is 28.7 Å². The zero-order valence-corrected chi connectivity index (χ0v) is 11.7. The third-order valence-electron chi connectivity index (χ3n) is 3.09. The Morgan fingerprint density at radius 3 is 2.89 bits per heavy atom. The van der Waals surface area contributed by atoms with Gasteiger partial charge in [0.15, 0.2) is 17.1 Å². The first-order valence-corrected chi connectivity index (χ1v) is 6.90. The molecule has 0 aliphatic rings. The largest absolute Gasteiger partial charge is 0.493 e. The van der Waals surface area contributed by atoms with Gasteiger partial charge in [-0.25, -0.2) is 0 Å². The molecule has 0 saturated heterocycles. The third kappa shape index (κ3) is 3.54. The lowest BCUT2D eigenvalue weighted by Gasteiger charge is -1.97. The average Bonchev–Trinajstić information content (AvgIpc) is 2.85. The van der Waals surface area contributed by atoms with Crippen LogP contribution in [-0.4, -0.2) is 7.11 Å². The van der Waals surface area contributed by atoms with Crippen LogP contribution in [0.2, 0.25) is 0 Å². The predicted octanol–water partition coefficient (Wildman–Crippen LogP) is 4.76. The Morgan fingerprint density at radius 2 is 2.11 bits per heavy atom. The van der Waals surface area contributed by atoms with Crippen molar-refractivity contribution >= 4 is 11.0 Å². The topological polar surface area (TPSA) is 22.4 Å². The number of hydrogen-bond acceptors (Lipinski definition) is 2. The van der Waals surface area contributed by atoms with Gasteiger partial charge in [-0.3, -0.25) is 0 Å². The fraction of sp³-hybridized carbons (Fsp3) is 0.412. The molecule has 0 fully saturated rings. The van der Waals surface area contributed by atoms with Gasteiger partial charge >= 0.3 is 0 Å². The lowest BCUT2D eigenvalue weighted by Crippen LogP contribution is -1.81. The Kier molecular flexibility index (Phi) is 4.92. The van der Waals surface area contributed by atoms with Crippen LogP contribution in [0.3, 0.4) is 0 Å². The number of furan rings is 1. The zero-order chi connectivity index (χ0) is 13.5. The lowest BCUT2D eigenvalue weighted by atomic mass is 10.1. The van der Waals surface area contributed by atoms with Crippen LogP contribution in [0.25, 0.3) is 11.0 Å². The van der Waals surface area contributed by atoms with E-state index in [0.717, 1.165) is 28.9 Å². The van der Waals surface area contributed by atoms with Crippen molar-refractivity contribution in [1.82, 2.24) is 0 Å². The molecule has 0 atom stereocenters. The molecule has 2 nitrogen and oxygen atoms in total. The normalized spacial score (nSPS) is 10.2. The molecule has 100 valence electrons. The lowest BCUT2D eigenvalue weighted by molar-refractivity contribution is 0.409. The van der Waals surface area contributed by atoms with E-state index in [0.29, 0.717) is 0 Å². The molecule has 0 radical (unpaired) electrons. The summed E-state index contributed by atoms with van der Waals surface area (Å²) in [6.45, 7) is 2.22. The quantitative estimate of drug-likeness (QED) is 0.568. The van der Waals surface area contributed by atoms with Gasteiger partial charge in [0.25, 0.3) is 0 Å². The molecular weight excluding hydrogens is 236 g/mol. The maximum absolute atomic E-state index is 5.72. The summed E-state index contributed by atoms with van der Waals surface area (Å²) >= 11 is 0. The molecule has 2 rings (SSSR count). The smallest absolute Gasteiger partial charge is 0.178 e. The average molecular weight is 256 g/mol. The molecule has 0 bridgehead atoms. The molecule has 0 saturated carbocycles. The Morgan fingerprint density at radius 1 is 1.21 bits per heavy atom. The number of methoxy groups -OCH3 is 1. The monoisotopic (exact) mass is 256 g/mol. The van der Waals surface area contributed by atoms with Gasteiger partial charge in [-0.05, 0) is 18.4 Å². The molecule has 0 aliphatic heterocycles. The van der Waals surface area contributed by atoms with E-state index in [9.17, 15) is 0 Å². The SMILES string of the molecule is CCCCCCC#Cc1cc2cccc(OC)c2o1. The molecule has 1 aromatic carbocycles. The molecule has 0 unspecified atom stereocenters. The molecule has 1 heterocycles. The number of ether oxygens (including phenoxy) is 1. The van der Waals surface area contributed by atoms with Crippen molar-refractivity contribution in [2.75, 3.05) is 7.11 Å². The molecule has 2 heteroatoms. The number of benzene rings is 1. The van der Waals surface area contributed by atoms with Crippen LogP contribution >= 0.6 is 0 Å². The van der Waals surface area contributed by atoms with Crippen molar-refractivity contribution in [3.63, 3.8) is 0 Å². The minimum Gasteiger partial charge on any atom is -0.493 e. The van der Waals surface area contributed by atoms with Crippen molar-refractivity contribution in [2.45, 2.75) is 39.0 Å². The van der Waals surface area contributed by atoms with Gasteiger partial charge in [0.2, 0.25) is 0 Å². The van der Waals surface area contributed by atoms with E-state index in [1.165, 1.54) is 25.7 Å². The molecular formula is C17H20O2. The van der Waals surface area contributed by atoms with E-state index in [1.807, 2.05) is 24.3 Å². The second kappa shape index (κ2) is 6.89. The molecule has 0 amide bonds. The van der Waals surface area contributed by atoms with Gasteiger partial charge < -0.3 is 9.15 Å². The highest BCUT2D eigenvalue weighted by molar-refractivity contribution is 5.84. The van der Waals surface area contributed by atoms with E-state index >= 15 is 0 Å². The molecule has 0 N–H and O–H groups in total. The molecule has 19 heavy (non-hydrogen) atoms. The maximum atomic E-state index is 5.72. The standard InChI is InChI=1S/C17H20O2/c1-3-4-5-6-7-8-11-15-13-14-10-9-12-16(18-2)17(14)19-15/h9-10,12-13H,3-7H2,1-2H3. The van der Waals surface area contributed by atoms with Crippen molar-refractivity contribution in [3.8, 4) is 17.6 Å². The number of fused-ring (bicyclic) bond motifs is 1. The van der Waals surface area contributed by atoms with Crippen molar-refractivity contribution < 1.29 is 9.15 Å². The van der Waals surface area contributed by atoms with Gasteiger partial charge in [-0.15, -0.1) is 0 Å². The fourth-order valence-corrected chi connectivity index (χ4v) is 2.05. The van der Waals surface area contributed by atoms with Crippen molar-refractivity contribution in [3.05, 3.63) is 30.0 Å². The van der Waals surface area contributed by atoms with Crippen LogP contribution in [-0.2, 0) is 0 Å². The number of para-hydroxylation sites is 1. The van der Waals surface area contributed by atoms with Crippen LogP contribution in [0.1, 0.15) is 44.8 Å². The summed E-state index contributed by atoms with van der Waals surface area (Å²) in [5, 5.41) is 1.04. The zero-order valence-electron chi connectivity index (χ0n) is 11.7. The fourth-order valence-electron chi connectivity index (χ4n) is 2.05. The Balaban J connectivity index is 2.03. The summed E-state index contributed by atoms with van der Waals surface area (Å²) in [7, 11) is 1.65. The highest BCUT2D eigenvalue weighted by Gasteiger charge is 2.06. The minimum atomic E-state index is 0.718. The van der Waals surface area contributed by atoms with E-state index in [1.54, 1.807) is 7.11 Å². The summed E-state index contributed by atoms with van der Waals surface area (Å²) in [5.41, 5.74) is 0.778. The minimum absolute atomic E-state index is 0.718. The first-order valence-electron chi connectivity index (χ1n) is 6.90. The Hall–Kier alpha value is -1.88. The van der Waals surface area contributed by atoms with Crippen LogP contribution in [0, 0.1) is 11.8 Å². The van der Waals surface area contributed by atoms with E-state index in [-0.39, 0.29) is 0 Å². The van der Waals surface area contributed by atoms with E-state index < -0.39 is 0 Å². The summed E-state index contributed by atoms with van der Waals surface area (Å²) in [5.74, 6) is 7.74. The molecule has 1 aromatic heterocycles. The van der Waals surface area contributed by atoms with Crippen LogP contribution < -0.4 is 4.74 Å². The summed E-state index contributed by atoms with van der Waals surface area (Å²) < 4.78 is 11.0. The Bertz CT molecular complexity index is 584. The summed E-state index contributed by atoms with van der Waals surface area (Å²) in [4.78, 5) is 0. The van der Waals surface area contributed by atoms with Gasteiger partial charge in [0.05, 0.1) is 7.11 Å². The highest BCUT2D eigenvalue weighted by atomic mass is 16.5. The summed E-state index contributed by atoms with van der Waals surface area (Å²) in [6, 6.07) is 7.83. The third-order valence-corrected chi connectivity index (χ3v) is 3.09. The molecule has 0 aliphatic carbocycles.